The monoisotopic (exact) mass is 422 g/mol. The van der Waals surface area contributed by atoms with Crippen molar-refractivity contribution in [1.82, 2.24) is 14.9 Å². The Morgan fingerprint density at radius 3 is 2.59 bits per heavy atom. The summed E-state index contributed by atoms with van der Waals surface area (Å²) in [5.74, 6) is 1.14. The fraction of sp³-hybridized carbons (Fsp3) is 0.750. The van der Waals surface area contributed by atoms with Crippen molar-refractivity contribution in [1.29, 1.82) is 0 Å². The first-order valence-corrected chi connectivity index (χ1v) is 11.8. The molecular formula is C20H30N4O4S. The van der Waals surface area contributed by atoms with Gasteiger partial charge in [-0.05, 0) is 40.5 Å². The van der Waals surface area contributed by atoms with Crippen molar-refractivity contribution in [3.8, 4) is 5.75 Å². The van der Waals surface area contributed by atoms with E-state index in [-0.39, 0.29) is 23.3 Å². The summed E-state index contributed by atoms with van der Waals surface area (Å²) in [5.41, 5.74) is 0.159. The Labute approximate surface area is 174 Å². The Bertz CT molecular complexity index is 855. The van der Waals surface area contributed by atoms with Crippen LogP contribution in [0, 0.1) is 0 Å². The van der Waals surface area contributed by atoms with Crippen LogP contribution in [0.15, 0.2) is 0 Å². The second-order valence-electron chi connectivity index (χ2n) is 9.03. The van der Waals surface area contributed by atoms with Crippen LogP contribution in [-0.2, 0) is 20.3 Å². The van der Waals surface area contributed by atoms with Gasteiger partial charge in [0, 0.05) is 30.1 Å². The highest BCUT2D eigenvalue weighted by atomic mass is 32.2. The molecule has 1 aromatic heterocycles. The first kappa shape index (κ1) is 20.5. The lowest BCUT2D eigenvalue weighted by Gasteiger charge is -2.51. The van der Waals surface area contributed by atoms with Gasteiger partial charge in [-0.2, -0.15) is 0 Å². The van der Waals surface area contributed by atoms with E-state index in [4.69, 9.17) is 14.5 Å². The third kappa shape index (κ3) is 3.32. The molecule has 0 spiro atoms. The molecule has 0 aromatic carbocycles. The minimum atomic E-state index is -1.22. The van der Waals surface area contributed by atoms with Crippen LogP contribution in [0.4, 0.5) is 5.82 Å². The quantitative estimate of drug-likeness (QED) is 0.733. The Balaban J connectivity index is 1.90. The number of carbonyl (C=O) groups excluding carboxylic acids is 1. The van der Waals surface area contributed by atoms with Crippen molar-refractivity contribution < 1.29 is 18.5 Å². The highest BCUT2D eigenvalue weighted by Crippen LogP contribution is 2.45. The van der Waals surface area contributed by atoms with Crippen LogP contribution in [-0.4, -0.2) is 75.7 Å². The summed E-state index contributed by atoms with van der Waals surface area (Å²) in [6.07, 6.45) is 3.64. The van der Waals surface area contributed by atoms with Crippen LogP contribution in [0.25, 0.3) is 0 Å². The van der Waals surface area contributed by atoms with Gasteiger partial charge < -0.3 is 19.3 Å². The van der Waals surface area contributed by atoms with Crippen LogP contribution in [0.1, 0.15) is 56.8 Å². The van der Waals surface area contributed by atoms with Crippen LogP contribution in [0.5, 0.6) is 5.75 Å². The molecule has 4 heterocycles. The van der Waals surface area contributed by atoms with Gasteiger partial charge in [0.2, 0.25) is 5.82 Å². The molecule has 1 amide bonds. The molecule has 0 N–H and O–H groups in total. The molecule has 0 saturated carbocycles. The third-order valence-corrected chi connectivity index (χ3v) is 7.90. The molecule has 160 valence electrons. The van der Waals surface area contributed by atoms with Crippen molar-refractivity contribution in [3.05, 3.63) is 11.5 Å². The van der Waals surface area contributed by atoms with Crippen molar-refractivity contribution >= 4 is 22.5 Å². The Morgan fingerprint density at radius 2 is 1.93 bits per heavy atom. The number of rotatable bonds is 3. The summed E-state index contributed by atoms with van der Waals surface area (Å²) >= 11 is 0. The lowest BCUT2D eigenvalue weighted by atomic mass is 9.95. The van der Waals surface area contributed by atoms with Gasteiger partial charge in [0.1, 0.15) is 12.3 Å². The average Bonchev–Trinajstić information content (AvgIpc) is 3.20. The predicted molar refractivity (Wildman–Crippen MR) is 111 cm³/mol. The zero-order valence-corrected chi connectivity index (χ0v) is 18.7. The maximum Gasteiger partial charge on any atom is 0.291 e. The average molecular weight is 423 g/mol. The minimum Gasteiger partial charge on any atom is -0.485 e. The fourth-order valence-electron chi connectivity index (χ4n) is 4.37. The molecule has 1 unspecified atom stereocenters. The van der Waals surface area contributed by atoms with E-state index in [1.54, 1.807) is 11.2 Å². The number of aromatic nitrogens is 2. The SMILES string of the molecule is C[C@@H]1COC[C@@]2(C)COc3c(nc(C(=O)N4CCCC4)nc3C(C)(C)S(C)=O)N12. The normalized spacial score (nSPS) is 27.8. The van der Waals surface area contributed by atoms with Gasteiger partial charge in [0.15, 0.2) is 11.6 Å². The Morgan fingerprint density at radius 1 is 1.24 bits per heavy atom. The summed E-state index contributed by atoms with van der Waals surface area (Å²) in [6, 6.07) is 0.0733. The Hall–Kier alpha value is -1.74. The van der Waals surface area contributed by atoms with Crippen LogP contribution < -0.4 is 9.64 Å². The number of anilines is 1. The zero-order chi connectivity index (χ0) is 21.0. The highest BCUT2D eigenvalue weighted by molar-refractivity contribution is 7.85. The van der Waals surface area contributed by atoms with E-state index in [1.807, 2.05) is 13.8 Å². The second-order valence-corrected chi connectivity index (χ2v) is 11.0. The zero-order valence-electron chi connectivity index (χ0n) is 17.9. The largest absolute Gasteiger partial charge is 0.485 e. The van der Waals surface area contributed by atoms with E-state index >= 15 is 0 Å². The van der Waals surface area contributed by atoms with E-state index in [0.29, 0.717) is 37.1 Å². The molecule has 1 aromatic rings. The van der Waals surface area contributed by atoms with Gasteiger partial charge in [-0.3, -0.25) is 9.00 Å². The summed E-state index contributed by atoms with van der Waals surface area (Å²) in [5, 5.41) is 0. The van der Waals surface area contributed by atoms with Crippen molar-refractivity contribution in [2.75, 3.05) is 44.1 Å². The number of fused-ring (bicyclic) bond motifs is 3. The summed E-state index contributed by atoms with van der Waals surface area (Å²) in [6.45, 7) is 10.9. The molecule has 0 radical (unpaired) electrons. The third-order valence-electron chi connectivity index (χ3n) is 6.27. The van der Waals surface area contributed by atoms with E-state index < -0.39 is 15.5 Å². The fourth-order valence-corrected chi connectivity index (χ4v) is 4.78. The van der Waals surface area contributed by atoms with Crippen LogP contribution in [0.3, 0.4) is 0 Å². The molecule has 2 fully saturated rings. The standard InChI is InChI=1S/C20H30N4O4S/c1-13-10-27-11-20(4)12-28-14-15(19(2,3)29(5)26)21-16(22-17(14)24(13)20)18(25)23-8-6-7-9-23/h13H,6-12H2,1-5H3/t13-,20+,29?/m1/s1. The van der Waals surface area contributed by atoms with Crippen molar-refractivity contribution in [3.63, 3.8) is 0 Å². The second kappa shape index (κ2) is 7.19. The van der Waals surface area contributed by atoms with Gasteiger partial charge in [0.25, 0.3) is 5.91 Å². The molecule has 2 saturated heterocycles. The van der Waals surface area contributed by atoms with Gasteiger partial charge in [-0.1, -0.05) is 0 Å². The van der Waals surface area contributed by atoms with Gasteiger partial charge >= 0.3 is 0 Å². The van der Waals surface area contributed by atoms with E-state index in [2.05, 4.69) is 23.7 Å². The van der Waals surface area contributed by atoms with Crippen LogP contribution in [0.2, 0.25) is 0 Å². The molecule has 3 aliphatic rings. The van der Waals surface area contributed by atoms with Gasteiger partial charge in [0.05, 0.1) is 29.5 Å². The van der Waals surface area contributed by atoms with E-state index in [9.17, 15) is 9.00 Å². The van der Waals surface area contributed by atoms with Gasteiger partial charge in [-0.25, -0.2) is 9.97 Å². The van der Waals surface area contributed by atoms with Gasteiger partial charge in [-0.15, -0.1) is 0 Å². The van der Waals surface area contributed by atoms with E-state index in [1.165, 1.54) is 0 Å². The molecule has 3 aliphatic heterocycles. The first-order valence-electron chi connectivity index (χ1n) is 10.2. The number of morpholine rings is 1. The number of ether oxygens (including phenoxy) is 2. The van der Waals surface area contributed by atoms with Crippen molar-refractivity contribution in [2.24, 2.45) is 0 Å². The predicted octanol–water partition coefficient (Wildman–Crippen LogP) is 1.70. The van der Waals surface area contributed by atoms with Crippen molar-refractivity contribution in [2.45, 2.75) is 56.9 Å². The van der Waals surface area contributed by atoms with Crippen LogP contribution >= 0.6 is 0 Å². The number of hydrogen-bond acceptors (Lipinski definition) is 7. The molecule has 4 rings (SSSR count). The summed E-state index contributed by atoms with van der Waals surface area (Å²) < 4.78 is 23.7. The smallest absolute Gasteiger partial charge is 0.291 e. The Kier molecular flexibility index (Phi) is 5.09. The maximum absolute atomic E-state index is 13.1. The number of likely N-dealkylation sites (tertiary alicyclic amines) is 1. The molecule has 0 bridgehead atoms. The van der Waals surface area contributed by atoms with E-state index in [0.717, 1.165) is 25.9 Å². The summed E-state index contributed by atoms with van der Waals surface area (Å²) in [4.78, 5) is 26.5. The topological polar surface area (TPSA) is 84.9 Å². The number of nitrogens with zero attached hydrogens (tertiary/aromatic N) is 4. The summed E-state index contributed by atoms with van der Waals surface area (Å²) in [7, 11) is -1.22. The number of hydrogen-bond donors (Lipinski definition) is 0. The maximum atomic E-state index is 13.1. The first-order chi connectivity index (χ1) is 13.6. The minimum absolute atomic E-state index is 0.0733. The number of carbonyl (C=O) groups is 1. The lowest BCUT2D eigenvalue weighted by Crippen LogP contribution is -2.64. The number of amides is 1. The molecule has 29 heavy (non-hydrogen) atoms. The molecule has 9 heteroatoms. The lowest BCUT2D eigenvalue weighted by molar-refractivity contribution is 0.00694. The molecule has 3 atom stereocenters. The highest BCUT2D eigenvalue weighted by Gasteiger charge is 2.48. The molecule has 8 nitrogen and oxygen atoms in total. The molecule has 0 aliphatic carbocycles. The molecular weight excluding hydrogens is 392 g/mol.